The predicted molar refractivity (Wildman–Crippen MR) is 118 cm³/mol. The quantitative estimate of drug-likeness (QED) is 0.543. The molecule has 2 N–H and O–H groups in total. The van der Waals surface area contributed by atoms with E-state index in [-0.39, 0.29) is 30.7 Å². The zero-order chi connectivity index (χ0) is 22.1. The molecule has 1 aliphatic heterocycles. The third-order valence-electron chi connectivity index (χ3n) is 4.95. The molecule has 2 amide bonds. The van der Waals surface area contributed by atoms with Gasteiger partial charge < -0.3 is 15.5 Å². The van der Waals surface area contributed by atoms with Gasteiger partial charge in [-0.25, -0.2) is 13.4 Å². The summed E-state index contributed by atoms with van der Waals surface area (Å²) < 4.78 is 26.6. The van der Waals surface area contributed by atoms with Crippen LogP contribution in [0.3, 0.4) is 0 Å². The average Bonchev–Trinajstić information content (AvgIpc) is 2.81. The highest BCUT2D eigenvalue weighted by Crippen LogP contribution is 2.15. The van der Waals surface area contributed by atoms with Crippen LogP contribution >= 0.6 is 0 Å². The number of carbonyl (C=O) groups is 2. The lowest BCUT2D eigenvalue weighted by molar-refractivity contribution is -0.120. The molecule has 3 rings (SSSR count). The molecule has 1 aliphatic rings. The van der Waals surface area contributed by atoms with Crippen LogP contribution in [0.4, 0.5) is 5.82 Å². The molecule has 1 fully saturated rings. The van der Waals surface area contributed by atoms with E-state index in [1.54, 1.807) is 36.5 Å². The largest absolute Gasteiger partial charge is 0.355 e. The number of anilines is 1. The van der Waals surface area contributed by atoms with E-state index >= 15 is 0 Å². The van der Waals surface area contributed by atoms with Crippen LogP contribution in [0.25, 0.3) is 0 Å². The minimum atomic E-state index is -3.38. The van der Waals surface area contributed by atoms with E-state index in [2.05, 4.69) is 20.5 Å². The van der Waals surface area contributed by atoms with E-state index in [1.807, 2.05) is 18.2 Å². The molecule has 1 aromatic heterocycles. The van der Waals surface area contributed by atoms with E-state index in [0.29, 0.717) is 38.2 Å². The first-order valence-electron chi connectivity index (χ1n) is 10.2. The maximum Gasteiger partial charge on any atom is 0.251 e. The summed E-state index contributed by atoms with van der Waals surface area (Å²) in [7, 11) is -3.38. The van der Waals surface area contributed by atoms with Crippen LogP contribution < -0.4 is 15.5 Å². The summed E-state index contributed by atoms with van der Waals surface area (Å²) in [6.07, 6.45) is 2.03. The lowest BCUT2D eigenvalue weighted by Crippen LogP contribution is -2.49. The smallest absolute Gasteiger partial charge is 0.251 e. The minimum Gasteiger partial charge on any atom is -0.355 e. The fourth-order valence-corrected chi connectivity index (χ4v) is 4.75. The van der Waals surface area contributed by atoms with Crippen molar-refractivity contribution in [3.63, 3.8) is 0 Å². The van der Waals surface area contributed by atoms with Gasteiger partial charge in [-0.1, -0.05) is 24.3 Å². The van der Waals surface area contributed by atoms with Crippen LogP contribution in [-0.4, -0.2) is 74.5 Å². The Morgan fingerprint density at radius 3 is 2.32 bits per heavy atom. The number of carbonyl (C=O) groups excluding carboxylic acids is 2. The molecular weight excluding hydrogens is 418 g/mol. The summed E-state index contributed by atoms with van der Waals surface area (Å²) in [5, 5.41) is 5.18. The number of benzene rings is 1. The van der Waals surface area contributed by atoms with Crippen molar-refractivity contribution in [2.45, 2.75) is 6.42 Å². The number of pyridine rings is 1. The van der Waals surface area contributed by atoms with E-state index in [0.717, 1.165) is 5.82 Å². The summed E-state index contributed by atoms with van der Waals surface area (Å²) in [6.45, 7) is 2.08. The highest BCUT2D eigenvalue weighted by atomic mass is 32.2. The van der Waals surface area contributed by atoms with Crippen molar-refractivity contribution in [2.24, 2.45) is 0 Å². The zero-order valence-corrected chi connectivity index (χ0v) is 18.1. The van der Waals surface area contributed by atoms with Gasteiger partial charge in [0.15, 0.2) is 0 Å². The number of hydrogen-bond acceptors (Lipinski definition) is 6. The van der Waals surface area contributed by atoms with E-state index < -0.39 is 10.0 Å². The molecule has 0 bridgehead atoms. The normalized spacial score (nSPS) is 14.8. The van der Waals surface area contributed by atoms with Gasteiger partial charge in [-0.2, -0.15) is 4.31 Å². The van der Waals surface area contributed by atoms with Crippen LogP contribution in [0, 0.1) is 0 Å². The molecule has 9 nitrogen and oxygen atoms in total. The number of nitrogens with one attached hydrogen (secondary N) is 2. The molecule has 1 saturated heterocycles. The third kappa shape index (κ3) is 6.76. The molecule has 0 aliphatic carbocycles. The van der Waals surface area contributed by atoms with E-state index in [4.69, 9.17) is 0 Å². The van der Waals surface area contributed by atoms with Crippen LogP contribution in [0.15, 0.2) is 54.7 Å². The van der Waals surface area contributed by atoms with Gasteiger partial charge in [0.1, 0.15) is 5.82 Å². The van der Waals surface area contributed by atoms with Gasteiger partial charge in [0, 0.05) is 44.5 Å². The second-order valence-electron chi connectivity index (χ2n) is 7.14. The standard InChI is InChI=1S/C21H27N5O4S/c27-20(17-24-21(28)18-7-2-1-3-8-18)23-11-6-16-31(29,30)26-14-12-25(13-15-26)19-9-4-5-10-22-19/h1-5,7-10H,6,11-17H2,(H,23,27)(H,24,28). The fraction of sp³-hybridized carbons (Fsp3) is 0.381. The first-order chi connectivity index (χ1) is 15.0. The maximum absolute atomic E-state index is 12.6. The molecular formula is C21H27N5O4S. The minimum absolute atomic E-state index is 0.0345. The van der Waals surface area contributed by atoms with Crippen molar-refractivity contribution in [3.05, 3.63) is 60.3 Å². The second kappa shape index (κ2) is 10.9. The Balaban J connectivity index is 1.33. The number of aromatic nitrogens is 1. The predicted octanol–water partition coefficient (Wildman–Crippen LogP) is 0.470. The van der Waals surface area contributed by atoms with Gasteiger partial charge >= 0.3 is 0 Å². The molecule has 1 aromatic carbocycles. The molecule has 2 aromatic rings. The van der Waals surface area contributed by atoms with Crippen molar-refractivity contribution in [1.29, 1.82) is 0 Å². The number of nitrogens with zero attached hydrogens (tertiary/aromatic N) is 3. The summed E-state index contributed by atoms with van der Waals surface area (Å²) in [5.74, 6) is 0.128. The van der Waals surface area contributed by atoms with Gasteiger partial charge in [-0.3, -0.25) is 9.59 Å². The van der Waals surface area contributed by atoms with Crippen LogP contribution in [0.5, 0.6) is 0 Å². The lowest BCUT2D eigenvalue weighted by Gasteiger charge is -2.34. The molecule has 0 spiro atoms. The highest BCUT2D eigenvalue weighted by molar-refractivity contribution is 7.89. The Morgan fingerprint density at radius 2 is 1.65 bits per heavy atom. The number of rotatable bonds is 9. The molecule has 166 valence electrons. The molecule has 0 radical (unpaired) electrons. The summed E-state index contributed by atoms with van der Waals surface area (Å²) in [6, 6.07) is 14.3. The zero-order valence-electron chi connectivity index (χ0n) is 17.2. The topological polar surface area (TPSA) is 112 Å². The molecule has 31 heavy (non-hydrogen) atoms. The second-order valence-corrected chi connectivity index (χ2v) is 9.23. The van der Waals surface area contributed by atoms with E-state index in [9.17, 15) is 18.0 Å². The first-order valence-corrected chi connectivity index (χ1v) is 11.8. The van der Waals surface area contributed by atoms with Crippen LogP contribution in [-0.2, 0) is 14.8 Å². The van der Waals surface area contributed by atoms with Gasteiger partial charge in [-0.05, 0) is 30.7 Å². The highest BCUT2D eigenvalue weighted by Gasteiger charge is 2.26. The number of hydrogen-bond donors (Lipinski definition) is 2. The molecule has 0 unspecified atom stereocenters. The number of sulfonamides is 1. The van der Waals surface area contributed by atoms with Crippen molar-refractivity contribution >= 4 is 27.7 Å². The number of amides is 2. The van der Waals surface area contributed by atoms with Gasteiger partial charge in [0.25, 0.3) is 5.91 Å². The Hall–Kier alpha value is -2.98. The maximum atomic E-state index is 12.6. The average molecular weight is 446 g/mol. The Morgan fingerprint density at radius 1 is 0.935 bits per heavy atom. The summed E-state index contributed by atoms with van der Waals surface area (Å²) in [5.41, 5.74) is 0.476. The lowest BCUT2D eigenvalue weighted by atomic mass is 10.2. The van der Waals surface area contributed by atoms with Crippen molar-refractivity contribution in [1.82, 2.24) is 19.9 Å². The summed E-state index contributed by atoms with van der Waals surface area (Å²) in [4.78, 5) is 30.2. The first kappa shape index (κ1) is 22.7. The monoisotopic (exact) mass is 445 g/mol. The SMILES string of the molecule is O=C(CNC(=O)c1ccccc1)NCCCS(=O)(=O)N1CCN(c2ccccn2)CC1. The Labute approximate surface area is 182 Å². The Bertz CT molecular complexity index is 962. The molecule has 2 heterocycles. The molecule has 0 atom stereocenters. The summed E-state index contributed by atoms with van der Waals surface area (Å²) >= 11 is 0. The number of piperazine rings is 1. The van der Waals surface area contributed by atoms with Crippen LogP contribution in [0.1, 0.15) is 16.8 Å². The van der Waals surface area contributed by atoms with Crippen molar-refractivity contribution < 1.29 is 18.0 Å². The van der Waals surface area contributed by atoms with Gasteiger partial charge in [-0.15, -0.1) is 0 Å². The van der Waals surface area contributed by atoms with Crippen LogP contribution in [0.2, 0.25) is 0 Å². The fourth-order valence-electron chi connectivity index (χ4n) is 3.26. The Kier molecular flexibility index (Phi) is 7.96. The van der Waals surface area contributed by atoms with Crippen molar-refractivity contribution in [3.8, 4) is 0 Å². The van der Waals surface area contributed by atoms with Gasteiger partial charge in [0.2, 0.25) is 15.9 Å². The van der Waals surface area contributed by atoms with Gasteiger partial charge in [0.05, 0.1) is 12.3 Å². The molecule has 0 saturated carbocycles. The third-order valence-corrected chi connectivity index (χ3v) is 6.91. The van der Waals surface area contributed by atoms with Crippen molar-refractivity contribution in [2.75, 3.05) is 49.9 Å². The molecule has 10 heteroatoms. The van der Waals surface area contributed by atoms with E-state index in [1.165, 1.54) is 4.31 Å².